The van der Waals surface area contributed by atoms with Gasteiger partial charge in [-0.1, -0.05) is 6.92 Å². The fourth-order valence-electron chi connectivity index (χ4n) is 2.74. The predicted molar refractivity (Wildman–Crippen MR) is 74.7 cm³/mol. The highest BCUT2D eigenvalue weighted by Gasteiger charge is 2.41. The minimum absolute atomic E-state index is 0.212. The zero-order chi connectivity index (χ0) is 17.3. The molecule has 6 nitrogen and oxygen atoms in total. The summed E-state index contributed by atoms with van der Waals surface area (Å²) >= 11 is 0. The van der Waals surface area contributed by atoms with Gasteiger partial charge in [0.1, 0.15) is 5.69 Å². The first-order valence-corrected chi connectivity index (χ1v) is 7.30. The number of alkyl halides is 3. The van der Waals surface area contributed by atoms with E-state index >= 15 is 0 Å². The van der Waals surface area contributed by atoms with E-state index < -0.39 is 23.4 Å². The van der Waals surface area contributed by atoms with Crippen LogP contribution in [0.3, 0.4) is 0 Å². The normalized spacial score (nSPS) is 25.7. The molecule has 9 heteroatoms. The molecule has 2 rings (SSSR count). The summed E-state index contributed by atoms with van der Waals surface area (Å²) in [6, 6.07) is 0.707. The van der Waals surface area contributed by atoms with Crippen LogP contribution in [0.15, 0.2) is 6.07 Å². The molecule has 0 aliphatic carbocycles. The Hall–Kier alpha value is -1.61. The van der Waals surface area contributed by atoms with Crippen LogP contribution in [0.4, 0.5) is 13.2 Å². The summed E-state index contributed by atoms with van der Waals surface area (Å²) in [4.78, 5) is 13.7. The van der Waals surface area contributed by atoms with E-state index in [1.807, 2.05) is 5.10 Å². The first-order valence-electron chi connectivity index (χ1n) is 7.30. The van der Waals surface area contributed by atoms with Crippen LogP contribution in [0.2, 0.25) is 0 Å². The Morgan fingerprint density at radius 1 is 1.61 bits per heavy atom. The minimum atomic E-state index is -4.57. The molecule has 0 aromatic carbocycles. The average Bonchev–Trinajstić information content (AvgIpc) is 2.97. The van der Waals surface area contributed by atoms with E-state index in [1.165, 1.54) is 4.90 Å². The third-order valence-corrected chi connectivity index (χ3v) is 4.35. The van der Waals surface area contributed by atoms with Crippen molar-refractivity contribution in [1.82, 2.24) is 15.1 Å². The number of aromatic nitrogens is 2. The Labute approximate surface area is 131 Å². The molecule has 23 heavy (non-hydrogen) atoms. The van der Waals surface area contributed by atoms with Crippen molar-refractivity contribution in [3.8, 4) is 0 Å². The van der Waals surface area contributed by atoms with Crippen LogP contribution < -0.4 is 0 Å². The molecule has 0 saturated carbocycles. The molecule has 2 heterocycles. The SMILES string of the molecule is COCCC1(O)CCN(C(=O)c2cc(C(F)(F)F)[nH]n2)CC1C. The number of ether oxygens (including phenoxy) is 1. The summed E-state index contributed by atoms with van der Waals surface area (Å²) in [7, 11) is 1.54. The number of aliphatic hydroxyl groups is 1. The fraction of sp³-hybridized carbons (Fsp3) is 0.714. The van der Waals surface area contributed by atoms with Crippen molar-refractivity contribution in [2.24, 2.45) is 5.92 Å². The van der Waals surface area contributed by atoms with Crippen LogP contribution in [-0.4, -0.2) is 58.5 Å². The number of carbonyl (C=O) groups is 1. The quantitative estimate of drug-likeness (QED) is 0.877. The first-order chi connectivity index (χ1) is 10.7. The number of likely N-dealkylation sites (tertiary alicyclic amines) is 1. The highest BCUT2D eigenvalue weighted by molar-refractivity contribution is 5.92. The molecule has 2 N–H and O–H groups in total. The maximum absolute atomic E-state index is 12.5. The van der Waals surface area contributed by atoms with E-state index in [9.17, 15) is 23.1 Å². The molecule has 1 aliphatic heterocycles. The molecule has 0 bridgehead atoms. The summed E-state index contributed by atoms with van der Waals surface area (Å²) in [6.45, 7) is 2.73. The van der Waals surface area contributed by atoms with Crippen molar-refractivity contribution >= 4 is 5.91 Å². The molecular formula is C14H20F3N3O3. The number of amides is 1. The Balaban J connectivity index is 2.04. The number of methoxy groups -OCH3 is 1. The number of hydrogen-bond donors (Lipinski definition) is 2. The van der Waals surface area contributed by atoms with E-state index in [4.69, 9.17) is 4.74 Å². The van der Waals surface area contributed by atoms with E-state index in [2.05, 4.69) is 5.10 Å². The van der Waals surface area contributed by atoms with Crippen molar-refractivity contribution in [1.29, 1.82) is 0 Å². The lowest BCUT2D eigenvalue weighted by Gasteiger charge is -2.43. The van der Waals surface area contributed by atoms with Gasteiger partial charge in [-0.3, -0.25) is 9.89 Å². The second kappa shape index (κ2) is 6.48. The minimum Gasteiger partial charge on any atom is -0.389 e. The van der Waals surface area contributed by atoms with E-state index in [-0.39, 0.29) is 24.7 Å². The van der Waals surface area contributed by atoms with Crippen molar-refractivity contribution < 1.29 is 27.8 Å². The van der Waals surface area contributed by atoms with E-state index in [0.29, 0.717) is 25.5 Å². The number of piperidine rings is 1. The lowest BCUT2D eigenvalue weighted by Crippen LogP contribution is -2.53. The number of halogens is 3. The third-order valence-electron chi connectivity index (χ3n) is 4.35. The van der Waals surface area contributed by atoms with Gasteiger partial charge in [0.2, 0.25) is 0 Å². The Morgan fingerprint density at radius 3 is 2.83 bits per heavy atom. The maximum Gasteiger partial charge on any atom is 0.432 e. The molecule has 1 aromatic rings. The largest absolute Gasteiger partial charge is 0.432 e. The van der Waals surface area contributed by atoms with Crippen molar-refractivity contribution in [2.75, 3.05) is 26.8 Å². The fourth-order valence-corrected chi connectivity index (χ4v) is 2.74. The summed E-state index contributed by atoms with van der Waals surface area (Å²) in [5.41, 5.74) is -2.26. The van der Waals surface area contributed by atoms with Crippen LogP contribution in [-0.2, 0) is 10.9 Å². The number of hydrogen-bond acceptors (Lipinski definition) is 4. The molecule has 1 aliphatic rings. The molecule has 2 atom stereocenters. The maximum atomic E-state index is 12.5. The van der Waals surface area contributed by atoms with Gasteiger partial charge >= 0.3 is 6.18 Å². The van der Waals surface area contributed by atoms with Gasteiger partial charge < -0.3 is 14.7 Å². The number of H-pyrrole nitrogens is 1. The number of nitrogens with zero attached hydrogens (tertiary/aromatic N) is 2. The van der Waals surface area contributed by atoms with Gasteiger partial charge in [0.25, 0.3) is 5.91 Å². The summed E-state index contributed by atoms with van der Waals surface area (Å²) in [5.74, 6) is -0.784. The van der Waals surface area contributed by atoms with Gasteiger partial charge in [0, 0.05) is 38.8 Å². The Bertz CT molecular complexity index is 561. The van der Waals surface area contributed by atoms with Gasteiger partial charge in [-0.15, -0.1) is 0 Å². The smallest absolute Gasteiger partial charge is 0.389 e. The summed E-state index contributed by atoms with van der Waals surface area (Å²) < 4.78 is 42.6. The topological polar surface area (TPSA) is 78.5 Å². The highest BCUT2D eigenvalue weighted by Crippen LogP contribution is 2.32. The summed E-state index contributed by atoms with van der Waals surface area (Å²) in [5, 5.41) is 15.8. The van der Waals surface area contributed by atoms with Crippen LogP contribution in [0.25, 0.3) is 0 Å². The van der Waals surface area contributed by atoms with Crippen LogP contribution in [0.1, 0.15) is 35.9 Å². The van der Waals surface area contributed by atoms with Crippen LogP contribution in [0.5, 0.6) is 0 Å². The van der Waals surface area contributed by atoms with Crippen molar-refractivity contribution in [3.05, 3.63) is 17.5 Å². The molecule has 1 amide bonds. The molecule has 2 unspecified atom stereocenters. The second-order valence-corrected chi connectivity index (χ2v) is 5.91. The number of nitrogens with one attached hydrogen (secondary N) is 1. The average molecular weight is 335 g/mol. The standard InChI is InChI=1S/C14H20F3N3O3/c1-9-8-20(5-3-13(9,22)4-6-23-2)12(21)10-7-11(19-18-10)14(15,16)17/h7,9,22H,3-6,8H2,1-2H3,(H,18,19). The predicted octanol–water partition coefficient (Wildman–Crippen LogP) is 1.68. The van der Waals surface area contributed by atoms with Gasteiger partial charge in [-0.25, -0.2) is 0 Å². The zero-order valence-electron chi connectivity index (χ0n) is 13.0. The Kier molecular flexibility index (Phi) is 5.00. The van der Waals surface area contributed by atoms with E-state index in [1.54, 1.807) is 14.0 Å². The van der Waals surface area contributed by atoms with Crippen molar-refractivity contribution in [3.63, 3.8) is 0 Å². The van der Waals surface area contributed by atoms with Crippen LogP contribution in [0, 0.1) is 5.92 Å². The van der Waals surface area contributed by atoms with E-state index in [0.717, 1.165) is 0 Å². The highest BCUT2D eigenvalue weighted by atomic mass is 19.4. The second-order valence-electron chi connectivity index (χ2n) is 5.91. The van der Waals surface area contributed by atoms with Crippen LogP contribution >= 0.6 is 0 Å². The number of carbonyl (C=O) groups excluding carboxylic acids is 1. The number of rotatable bonds is 4. The third kappa shape index (κ3) is 3.84. The zero-order valence-corrected chi connectivity index (χ0v) is 13.0. The van der Waals surface area contributed by atoms with Gasteiger partial charge in [0.15, 0.2) is 5.69 Å². The van der Waals surface area contributed by atoms with Gasteiger partial charge in [-0.05, 0) is 12.8 Å². The van der Waals surface area contributed by atoms with Crippen molar-refractivity contribution in [2.45, 2.75) is 31.5 Å². The molecule has 0 spiro atoms. The molecule has 1 saturated heterocycles. The molecule has 0 radical (unpaired) electrons. The molecule has 130 valence electrons. The summed E-state index contributed by atoms with van der Waals surface area (Å²) in [6.07, 6.45) is -3.77. The molecular weight excluding hydrogens is 315 g/mol. The van der Waals surface area contributed by atoms with Gasteiger partial charge in [0.05, 0.1) is 5.60 Å². The first kappa shape index (κ1) is 17.7. The lowest BCUT2D eigenvalue weighted by atomic mass is 9.80. The monoisotopic (exact) mass is 335 g/mol. The number of aromatic amines is 1. The lowest BCUT2D eigenvalue weighted by molar-refractivity contribution is -0.141. The Morgan fingerprint density at radius 2 is 2.30 bits per heavy atom. The molecule has 1 aromatic heterocycles. The van der Waals surface area contributed by atoms with Gasteiger partial charge in [-0.2, -0.15) is 18.3 Å². The molecule has 1 fully saturated rings.